The van der Waals surface area contributed by atoms with Crippen LogP contribution in [0.1, 0.15) is 18.9 Å². The van der Waals surface area contributed by atoms with Gasteiger partial charge in [0.05, 0.1) is 9.82 Å². The molecule has 0 radical (unpaired) electrons. The Kier molecular flexibility index (Phi) is 4.36. The molecule has 110 valence electrons. The number of aryl methyl sites for hydroxylation is 1. The molecule has 1 aliphatic rings. The monoisotopic (exact) mass is 299 g/mol. The lowest BCUT2D eigenvalue weighted by Crippen LogP contribution is -2.36. The van der Waals surface area contributed by atoms with Crippen molar-refractivity contribution in [2.45, 2.75) is 30.7 Å². The minimum absolute atomic E-state index is 0.00102. The summed E-state index contributed by atoms with van der Waals surface area (Å²) in [6.07, 6.45) is 1.22. The molecule has 8 heteroatoms. The molecule has 1 aromatic rings. The van der Waals surface area contributed by atoms with E-state index < -0.39 is 14.9 Å². The predicted octanol–water partition coefficient (Wildman–Crippen LogP) is 0.797. The van der Waals surface area contributed by atoms with Gasteiger partial charge in [-0.1, -0.05) is 13.0 Å². The van der Waals surface area contributed by atoms with Gasteiger partial charge in [0.25, 0.3) is 5.69 Å². The molecular formula is C12H17N3O4S. The van der Waals surface area contributed by atoms with Crippen molar-refractivity contribution in [1.29, 1.82) is 0 Å². The summed E-state index contributed by atoms with van der Waals surface area (Å²) in [7, 11) is -3.74. The van der Waals surface area contributed by atoms with Crippen molar-refractivity contribution in [3.05, 3.63) is 33.9 Å². The van der Waals surface area contributed by atoms with Crippen molar-refractivity contribution >= 4 is 15.7 Å². The zero-order valence-corrected chi connectivity index (χ0v) is 11.9. The van der Waals surface area contributed by atoms with E-state index in [0.29, 0.717) is 18.5 Å². The maximum atomic E-state index is 12.4. The van der Waals surface area contributed by atoms with E-state index >= 15 is 0 Å². The maximum absolute atomic E-state index is 12.4. The second-order valence-corrected chi connectivity index (χ2v) is 6.40. The summed E-state index contributed by atoms with van der Waals surface area (Å²) in [5, 5.41) is 13.9. The number of rotatable bonds is 5. The Bertz CT molecular complexity index is 609. The molecule has 1 aromatic carbocycles. The first-order chi connectivity index (χ1) is 9.44. The fourth-order valence-electron chi connectivity index (χ4n) is 2.24. The van der Waals surface area contributed by atoms with Gasteiger partial charge in [-0.25, -0.2) is 13.1 Å². The Balaban J connectivity index is 2.37. The third-order valence-electron chi connectivity index (χ3n) is 3.31. The topological polar surface area (TPSA) is 101 Å². The van der Waals surface area contributed by atoms with E-state index in [0.717, 1.165) is 19.0 Å². The smallest absolute Gasteiger partial charge is 0.270 e. The molecular weight excluding hydrogens is 282 g/mol. The van der Waals surface area contributed by atoms with Crippen molar-refractivity contribution in [3.8, 4) is 0 Å². The summed E-state index contributed by atoms with van der Waals surface area (Å²) in [4.78, 5) is 10.2. The van der Waals surface area contributed by atoms with Crippen molar-refractivity contribution in [2.24, 2.45) is 0 Å². The van der Waals surface area contributed by atoms with E-state index in [1.165, 1.54) is 12.1 Å². The van der Waals surface area contributed by atoms with Gasteiger partial charge in [-0.05, 0) is 24.9 Å². The van der Waals surface area contributed by atoms with Gasteiger partial charge < -0.3 is 5.32 Å². The normalized spacial score (nSPS) is 19.1. The average Bonchev–Trinajstić information content (AvgIpc) is 2.90. The molecule has 7 nitrogen and oxygen atoms in total. The predicted molar refractivity (Wildman–Crippen MR) is 74.1 cm³/mol. The Morgan fingerprint density at radius 1 is 1.50 bits per heavy atom. The highest BCUT2D eigenvalue weighted by atomic mass is 32.2. The standard InChI is InChI=1S/C12H17N3O4S/c1-2-9-3-4-11(15(16)17)7-12(9)20(18,19)14-10-5-6-13-8-10/h3-4,7,10,13-14H,2,5-6,8H2,1H3. The summed E-state index contributed by atoms with van der Waals surface area (Å²) in [5.74, 6) is 0. The fourth-order valence-corrected chi connectivity index (χ4v) is 3.84. The molecule has 0 spiro atoms. The molecule has 1 atom stereocenters. The van der Waals surface area contributed by atoms with Crippen LogP contribution >= 0.6 is 0 Å². The van der Waals surface area contributed by atoms with Gasteiger partial charge in [0.15, 0.2) is 0 Å². The summed E-state index contributed by atoms with van der Waals surface area (Å²) in [6.45, 7) is 3.16. The quantitative estimate of drug-likeness (QED) is 0.618. The van der Waals surface area contributed by atoms with Crippen LogP contribution in [0.2, 0.25) is 0 Å². The van der Waals surface area contributed by atoms with E-state index in [-0.39, 0.29) is 16.6 Å². The number of sulfonamides is 1. The molecule has 1 unspecified atom stereocenters. The van der Waals surface area contributed by atoms with Crippen LogP contribution in [0.15, 0.2) is 23.1 Å². The Morgan fingerprint density at radius 2 is 2.25 bits per heavy atom. The molecule has 1 fully saturated rings. The molecule has 1 saturated heterocycles. The lowest BCUT2D eigenvalue weighted by Gasteiger charge is -2.14. The minimum Gasteiger partial charge on any atom is -0.315 e. The van der Waals surface area contributed by atoms with Crippen LogP contribution in [0.4, 0.5) is 5.69 Å². The van der Waals surface area contributed by atoms with Gasteiger partial charge in [-0.15, -0.1) is 0 Å². The van der Waals surface area contributed by atoms with Crippen LogP contribution in [-0.2, 0) is 16.4 Å². The number of hydrogen-bond acceptors (Lipinski definition) is 5. The maximum Gasteiger partial charge on any atom is 0.270 e. The molecule has 0 amide bonds. The summed E-state index contributed by atoms with van der Waals surface area (Å²) in [5.41, 5.74) is 0.362. The SMILES string of the molecule is CCc1ccc([N+](=O)[O-])cc1S(=O)(=O)NC1CCNC1. The third-order valence-corrected chi connectivity index (χ3v) is 4.92. The van der Waals surface area contributed by atoms with Crippen molar-refractivity contribution in [1.82, 2.24) is 10.0 Å². The first-order valence-electron chi connectivity index (χ1n) is 6.44. The van der Waals surface area contributed by atoms with Gasteiger partial charge in [0, 0.05) is 24.7 Å². The van der Waals surface area contributed by atoms with Crippen LogP contribution in [0.3, 0.4) is 0 Å². The van der Waals surface area contributed by atoms with Gasteiger partial charge in [0.1, 0.15) is 0 Å². The van der Waals surface area contributed by atoms with Gasteiger partial charge in [-0.2, -0.15) is 0 Å². The molecule has 0 aromatic heterocycles. The zero-order chi connectivity index (χ0) is 14.8. The lowest BCUT2D eigenvalue weighted by atomic mass is 10.1. The zero-order valence-electron chi connectivity index (χ0n) is 11.1. The molecule has 1 aliphatic heterocycles. The van der Waals surface area contributed by atoms with E-state index in [4.69, 9.17) is 0 Å². The van der Waals surface area contributed by atoms with Gasteiger partial charge in [-0.3, -0.25) is 10.1 Å². The number of nitro benzene ring substituents is 1. The minimum atomic E-state index is -3.74. The Morgan fingerprint density at radius 3 is 2.80 bits per heavy atom. The molecule has 2 rings (SSSR count). The average molecular weight is 299 g/mol. The first kappa shape index (κ1) is 14.9. The number of non-ortho nitro benzene ring substituents is 1. The van der Waals surface area contributed by atoms with Crippen molar-refractivity contribution in [2.75, 3.05) is 13.1 Å². The summed E-state index contributed by atoms with van der Waals surface area (Å²) < 4.78 is 27.4. The molecule has 0 aliphatic carbocycles. The number of nitro groups is 1. The van der Waals surface area contributed by atoms with E-state index in [1.54, 1.807) is 0 Å². The van der Waals surface area contributed by atoms with Crippen LogP contribution in [-0.4, -0.2) is 32.5 Å². The van der Waals surface area contributed by atoms with Crippen molar-refractivity contribution < 1.29 is 13.3 Å². The Hall–Kier alpha value is -1.51. The highest BCUT2D eigenvalue weighted by molar-refractivity contribution is 7.89. The highest BCUT2D eigenvalue weighted by Gasteiger charge is 2.26. The molecule has 0 bridgehead atoms. The van der Waals surface area contributed by atoms with Crippen LogP contribution in [0.5, 0.6) is 0 Å². The molecule has 2 N–H and O–H groups in total. The molecule has 0 saturated carbocycles. The second kappa shape index (κ2) is 5.86. The van der Waals surface area contributed by atoms with E-state index in [2.05, 4.69) is 10.0 Å². The summed E-state index contributed by atoms with van der Waals surface area (Å²) >= 11 is 0. The molecule has 1 heterocycles. The lowest BCUT2D eigenvalue weighted by molar-refractivity contribution is -0.385. The Labute approximate surface area is 117 Å². The van der Waals surface area contributed by atoms with Crippen LogP contribution < -0.4 is 10.0 Å². The van der Waals surface area contributed by atoms with Crippen LogP contribution in [0.25, 0.3) is 0 Å². The van der Waals surface area contributed by atoms with E-state index in [1.807, 2.05) is 6.92 Å². The largest absolute Gasteiger partial charge is 0.315 e. The van der Waals surface area contributed by atoms with E-state index in [9.17, 15) is 18.5 Å². The number of nitrogens with zero attached hydrogens (tertiary/aromatic N) is 1. The molecule has 20 heavy (non-hydrogen) atoms. The number of hydrogen-bond donors (Lipinski definition) is 2. The van der Waals surface area contributed by atoms with Crippen LogP contribution in [0, 0.1) is 10.1 Å². The highest BCUT2D eigenvalue weighted by Crippen LogP contribution is 2.23. The second-order valence-electron chi connectivity index (χ2n) is 4.71. The first-order valence-corrected chi connectivity index (χ1v) is 7.92. The van der Waals surface area contributed by atoms with Gasteiger partial charge >= 0.3 is 0 Å². The fraction of sp³-hybridized carbons (Fsp3) is 0.500. The third kappa shape index (κ3) is 3.14. The number of benzene rings is 1. The number of nitrogens with one attached hydrogen (secondary N) is 2. The van der Waals surface area contributed by atoms with Gasteiger partial charge in [0.2, 0.25) is 10.0 Å². The van der Waals surface area contributed by atoms with Crippen molar-refractivity contribution in [3.63, 3.8) is 0 Å². The summed E-state index contributed by atoms with van der Waals surface area (Å²) in [6, 6.07) is 3.79.